The normalized spacial score (nSPS) is 17.3. The first kappa shape index (κ1) is 18.7. The molecule has 9 heteroatoms. The van der Waals surface area contributed by atoms with E-state index in [2.05, 4.69) is 10.3 Å². The van der Waals surface area contributed by atoms with Crippen molar-refractivity contribution in [3.05, 3.63) is 47.7 Å². The van der Waals surface area contributed by atoms with E-state index in [1.165, 1.54) is 19.1 Å². The van der Waals surface area contributed by atoms with E-state index < -0.39 is 29.6 Å². The van der Waals surface area contributed by atoms with Crippen LogP contribution in [0.4, 0.5) is 24.7 Å². The highest BCUT2D eigenvalue weighted by molar-refractivity contribution is 6.07. The molecule has 2 amide bonds. The fourth-order valence-corrected chi connectivity index (χ4v) is 2.95. The SMILES string of the molecule is Cc1cc(C(F)(F)F)cc(N2C(=O)CC[C@H]2C(=O)Nc2ccccc2O)n1. The van der Waals surface area contributed by atoms with Gasteiger partial charge in [-0.05, 0) is 37.6 Å². The average Bonchev–Trinajstić information content (AvgIpc) is 2.97. The lowest BCUT2D eigenvalue weighted by Gasteiger charge is -2.24. The largest absolute Gasteiger partial charge is 0.506 e. The summed E-state index contributed by atoms with van der Waals surface area (Å²) in [4.78, 5) is 29.8. The number of benzene rings is 1. The molecule has 0 saturated carbocycles. The van der Waals surface area contributed by atoms with Gasteiger partial charge in [0, 0.05) is 12.1 Å². The number of halogens is 3. The van der Waals surface area contributed by atoms with Crippen molar-refractivity contribution in [2.45, 2.75) is 32.0 Å². The molecule has 6 nitrogen and oxygen atoms in total. The number of aromatic hydroxyl groups is 1. The number of hydrogen-bond acceptors (Lipinski definition) is 4. The molecule has 2 N–H and O–H groups in total. The van der Waals surface area contributed by atoms with E-state index in [9.17, 15) is 27.9 Å². The minimum Gasteiger partial charge on any atom is -0.506 e. The molecule has 1 aromatic heterocycles. The predicted octanol–water partition coefficient (Wildman–Crippen LogP) is 3.25. The third-order valence-corrected chi connectivity index (χ3v) is 4.19. The molecule has 1 aliphatic heterocycles. The van der Waals surface area contributed by atoms with Crippen LogP contribution in [0.15, 0.2) is 36.4 Å². The van der Waals surface area contributed by atoms with Gasteiger partial charge in [-0.25, -0.2) is 4.98 Å². The van der Waals surface area contributed by atoms with Crippen LogP contribution in [-0.4, -0.2) is 27.9 Å². The molecule has 0 spiro atoms. The number of rotatable bonds is 3. The first-order valence-electron chi connectivity index (χ1n) is 8.13. The summed E-state index contributed by atoms with van der Waals surface area (Å²) < 4.78 is 39.2. The van der Waals surface area contributed by atoms with Crippen LogP contribution in [0.1, 0.15) is 24.1 Å². The molecule has 1 aliphatic rings. The van der Waals surface area contributed by atoms with Crippen molar-refractivity contribution in [3.63, 3.8) is 0 Å². The van der Waals surface area contributed by atoms with Crippen molar-refractivity contribution in [2.24, 2.45) is 0 Å². The fraction of sp³-hybridized carbons (Fsp3) is 0.278. The van der Waals surface area contributed by atoms with E-state index in [1.807, 2.05) is 0 Å². The minimum atomic E-state index is -4.60. The van der Waals surface area contributed by atoms with Gasteiger partial charge in [0.15, 0.2) is 0 Å². The van der Waals surface area contributed by atoms with Crippen molar-refractivity contribution in [1.29, 1.82) is 0 Å². The predicted molar refractivity (Wildman–Crippen MR) is 91.2 cm³/mol. The topological polar surface area (TPSA) is 82.5 Å². The van der Waals surface area contributed by atoms with Gasteiger partial charge in [0.2, 0.25) is 11.8 Å². The second kappa shape index (κ2) is 6.90. The molecule has 2 aromatic rings. The lowest BCUT2D eigenvalue weighted by atomic mass is 10.1. The van der Waals surface area contributed by atoms with Gasteiger partial charge in [0.25, 0.3) is 0 Å². The number of phenols is 1. The number of nitrogens with one attached hydrogen (secondary N) is 1. The molecule has 1 fully saturated rings. The summed E-state index contributed by atoms with van der Waals surface area (Å²) in [6, 6.07) is 6.65. The zero-order valence-electron chi connectivity index (χ0n) is 14.2. The number of phenolic OH excluding ortho intramolecular Hbond substituents is 1. The number of para-hydroxylation sites is 2. The molecule has 1 aromatic carbocycles. The number of carbonyl (C=O) groups excluding carboxylic acids is 2. The minimum absolute atomic E-state index is 0.00975. The van der Waals surface area contributed by atoms with Gasteiger partial charge < -0.3 is 10.4 Å². The summed E-state index contributed by atoms with van der Waals surface area (Å²) in [7, 11) is 0. The molecule has 142 valence electrons. The molecule has 1 saturated heterocycles. The Bertz CT molecular complexity index is 899. The Balaban J connectivity index is 1.92. The van der Waals surface area contributed by atoms with Gasteiger partial charge in [0.05, 0.1) is 11.3 Å². The first-order valence-corrected chi connectivity index (χ1v) is 8.13. The maximum atomic E-state index is 13.1. The van der Waals surface area contributed by atoms with Crippen LogP contribution in [-0.2, 0) is 15.8 Å². The number of alkyl halides is 3. The number of carbonyl (C=O) groups is 2. The lowest BCUT2D eigenvalue weighted by molar-refractivity contribution is -0.137. The van der Waals surface area contributed by atoms with Crippen LogP contribution in [0.25, 0.3) is 0 Å². The Kier molecular flexibility index (Phi) is 4.77. The van der Waals surface area contributed by atoms with E-state index in [0.717, 1.165) is 17.0 Å². The number of aromatic nitrogens is 1. The van der Waals surface area contributed by atoms with Crippen molar-refractivity contribution >= 4 is 23.3 Å². The van der Waals surface area contributed by atoms with Crippen molar-refractivity contribution < 1.29 is 27.9 Å². The molecular formula is C18H16F3N3O3. The van der Waals surface area contributed by atoms with E-state index in [1.54, 1.807) is 12.1 Å². The number of amides is 2. The summed E-state index contributed by atoms with van der Waals surface area (Å²) in [6.07, 6.45) is -4.45. The highest BCUT2D eigenvalue weighted by atomic mass is 19.4. The third kappa shape index (κ3) is 3.86. The molecule has 3 rings (SSSR count). The van der Waals surface area contributed by atoms with Crippen LogP contribution in [0.2, 0.25) is 0 Å². The lowest BCUT2D eigenvalue weighted by Crippen LogP contribution is -2.42. The van der Waals surface area contributed by atoms with Crippen molar-refractivity contribution in [3.8, 4) is 5.75 Å². The van der Waals surface area contributed by atoms with E-state index in [-0.39, 0.29) is 35.8 Å². The van der Waals surface area contributed by atoms with Gasteiger partial charge in [0.1, 0.15) is 17.6 Å². The van der Waals surface area contributed by atoms with E-state index >= 15 is 0 Å². The summed E-state index contributed by atoms with van der Waals surface area (Å²) in [6.45, 7) is 1.39. The Hall–Kier alpha value is -3.10. The average molecular weight is 379 g/mol. The van der Waals surface area contributed by atoms with Crippen LogP contribution in [0.3, 0.4) is 0 Å². The Morgan fingerprint density at radius 1 is 1.30 bits per heavy atom. The number of hydrogen-bond donors (Lipinski definition) is 2. The summed E-state index contributed by atoms with van der Waals surface area (Å²) in [5, 5.41) is 12.3. The van der Waals surface area contributed by atoms with Gasteiger partial charge >= 0.3 is 6.18 Å². The highest BCUT2D eigenvalue weighted by Crippen LogP contribution is 2.34. The van der Waals surface area contributed by atoms with E-state index in [4.69, 9.17) is 0 Å². The molecule has 2 heterocycles. The molecule has 0 aliphatic carbocycles. The standard InChI is InChI=1S/C18H16F3N3O3/c1-10-8-11(18(19,20)21)9-15(22-10)24-13(6-7-16(24)26)17(27)23-12-4-2-3-5-14(12)25/h2-5,8-9,13,25H,6-7H2,1H3,(H,23,27)/t13-/m0/s1. The summed E-state index contributed by atoms with van der Waals surface area (Å²) in [5.74, 6) is -1.48. The zero-order chi connectivity index (χ0) is 19.8. The highest BCUT2D eigenvalue weighted by Gasteiger charge is 2.40. The van der Waals surface area contributed by atoms with Crippen LogP contribution in [0, 0.1) is 6.92 Å². The van der Waals surface area contributed by atoms with Gasteiger partial charge in [-0.1, -0.05) is 12.1 Å². The molecule has 0 bridgehead atoms. The number of pyridine rings is 1. The van der Waals surface area contributed by atoms with Crippen molar-refractivity contribution in [1.82, 2.24) is 4.98 Å². The number of anilines is 2. The number of nitrogens with zero attached hydrogens (tertiary/aromatic N) is 2. The quantitative estimate of drug-likeness (QED) is 0.802. The smallest absolute Gasteiger partial charge is 0.416 e. The van der Waals surface area contributed by atoms with Gasteiger partial charge in [-0.2, -0.15) is 13.2 Å². The molecule has 1 atom stereocenters. The molecule has 27 heavy (non-hydrogen) atoms. The van der Waals surface area contributed by atoms with Crippen LogP contribution >= 0.6 is 0 Å². The first-order chi connectivity index (χ1) is 12.7. The van der Waals surface area contributed by atoms with Crippen LogP contribution in [0.5, 0.6) is 5.75 Å². The van der Waals surface area contributed by atoms with Crippen LogP contribution < -0.4 is 10.2 Å². The second-order valence-electron chi connectivity index (χ2n) is 6.18. The monoisotopic (exact) mass is 379 g/mol. The van der Waals surface area contributed by atoms with Gasteiger partial charge in [-0.3, -0.25) is 14.5 Å². The second-order valence-corrected chi connectivity index (χ2v) is 6.18. The van der Waals surface area contributed by atoms with Crippen molar-refractivity contribution in [2.75, 3.05) is 10.2 Å². The molecular weight excluding hydrogens is 363 g/mol. The zero-order valence-corrected chi connectivity index (χ0v) is 14.2. The molecule has 0 radical (unpaired) electrons. The molecule has 0 unspecified atom stereocenters. The Labute approximate surface area is 152 Å². The fourth-order valence-electron chi connectivity index (χ4n) is 2.95. The third-order valence-electron chi connectivity index (χ3n) is 4.19. The number of aryl methyl sites for hydroxylation is 1. The maximum Gasteiger partial charge on any atom is 0.416 e. The maximum absolute atomic E-state index is 13.1. The van der Waals surface area contributed by atoms with Gasteiger partial charge in [-0.15, -0.1) is 0 Å². The summed E-state index contributed by atoms with van der Waals surface area (Å²) in [5.41, 5.74) is -0.709. The van der Waals surface area contributed by atoms with E-state index in [0.29, 0.717) is 0 Å². The Morgan fingerprint density at radius 2 is 2.00 bits per heavy atom. The summed E-state index contributed by atoms with van der Waals surface area (Å²) >= 11 is 0. The Morgan fingerprint density at radius 3 is 2.67 bits per heavy atom.